The van der Waals surface area contributed by atoms with Gasteiger partial charge in [-0.25, -0.2) is 4.68 Å². The van der Waals surface area contributed by atoms with E-state index in [1.54, 1.807) is 40.0 Å². The van der Waals surface area contributed by atoms with E-state index in [1.165, 1.54) is 5.56 Å². The van der Waals surface area contributed by atoms with Crippen LogP contribution in [0.15, 0.2) is 54.7 Å². The Hall–Kier alpha value is -3.19. The van der Waals surface area contributed by atoms with Crippen LogP contribution in [0.5, 0.6) is 0 Å². The zero-order valence-electron chi connectivity index (χ0n) is 17.3. The Morgan fingerprint density at radius 2 is 1.87 bits per heavy atom. The summed E-state index contributed by atoms with van der Waals surface area (Å²) in [5.41, 5.74) is 2.97. The van der Waals surface area contributed by atoms with Gasteiger partial charge in [0.25, 0.3) is 11.8 Å². The van der Waals surface area contributed by atoms with Gasteiger partial charge >= 0.3 is 0 Å². The third-order valence-electron chi connectivity index (χ3n) is 5.53. The number of aromatic nitrogens is 3. The molecule has 160 valence electrons. The van der Waals surface area contributed by atoms with Crippen molar-refractivity contribution in [3.8, 4) is 5.69 Å². The van der Waals surface area contributed by atoms with Crippen LogP contribution in [0, 0.1) is 0 Å². The number of carbonyl (C=O) groups excluding carboxylic acids is 2. The highest BCUT2D eigenvalue weighted by atomic mass is 35.5. The average molecular weight is 438 g/mol. The minimum absolute atomic E-state index is 0.0169. The van der Waals surface area contributed by atoms with Crippen molar-refractivity contribution in [2.45, 2.75) is 32.2 Å². The highest BCUT2D eigenvalue weighted by Crippen LogP contribution is 2.16. The number of likely N-dealkylation sites (tertiary alicyclic amines) is 1. The van der Waals surface area contributed by atoms with Crippen molar-refractivity contribution in [3.05, 3.63) is 76.6 Å². The molecular formula is C23H24ClN5O2. The predicted octanol–water partition coefficient (Wildman–Crippen LogP) is 3.52. The number of hydrogen-bond acceptors (Lipinski definition) is 4. The maximum Gasteiger partial charge on any atom is 0.276 e. The van der Waals surface area contributed by atoms with Crippen LogP contribution in [-0.2, 0) is 6.42 Å². The molecule has 2 amide bonds. The first kappa shape index (κ1) is 21.1. The quantitative estimate of drug-likeness (QED) is 0.662. The lowest BCUT2D eigenvalue weighted by Crippen LogP contribution is -2.46. The number of nitrogens with one attached hydrogen (secondary N) is 1. The van der Waals surface area contributed by atoms with Gasteiger partial charge in [-0.15, -0.1) is 5.10 Å². The van der Waals surface area contributed by atoms with Crippen LogP contribution in [0.2, 0.25) is 5.02 Å². The Balaban J connectivity index is 1.33. The highest BCUT2D eigenvalue weighted by Gasteiger charge is 2.26. The van der Waals surface area contributed by atoms with E-state index in [2.05, 4.69) is 22.6 Å². The summed E-state index contributed by atoms with van der Waals surface area (Å²) in [5.74, 6) is -0.291. The molecule has 2 aromatic carbocycles. The molecule has 0 radical (unpaired) electrons. The van der Waals surface area contributed by atoms with E-state index in [1.807, 2.05) is 24.3 Å². The predicted molar refractivity (Wildman–Crippen MR) is 119 cm³/mol. The number of rotatable bonds is 5. The Morgan fingerprint density at radius 1 is 1.13 bits per heavy atom. The number of benzene rings is 2. The minimum atomic E-state index is -0.149. The molecule has 1 aliphatic heterocycles. The van der Waals surface area contributed by atoms with Crippen LogP contribution < -0.4 is 5.32 Å². The van der Waals surface area contributed by atoms with Crippen LogP contribution in [0.1, 0.15) is 46.2 Å². The van der Waals surface area contributed by atoms with Gasteiger partial charge in [0, 0.05) is 29.7 Å². The molecule has 3 aromatic rings. The van der Waals surface area contributed by atoms with Gasteiger partial charge in [-0.2, -0.15) is 0 Å². The molecule has 0 unspecified atom stereocenters. The number of carbonyl (C=O) groups is 2. The summed E-state index contributed by atoms with van der Waals surface area (Å²) in [7, 11) is 0. The SMILES string of the molecule is CCc1ccc(-n2cc(C(=O)N3CCC(NC(=O)c4cccc(Cl)c4)CC3)nn2)cc1. The van der Waals surface area contributed by atoms with Gasteiger partial charge in [0.15, 0.2) is 5.69 Å². The second-order valence-corrected chi connectivity index (χ2v) is 8.06. The molecule has 0 bridgehead atoms. The van der Waals surface area contributed by atoms with E-state index in [9.17, 15) is 9.59 Å². The standard InChI is InChI=1S/C23H24ClN5O2/c1-2-16-6-8-20(9-7-16)29-15-21(26-27-29)23(31)28-12-10-19(11-13-28)25-22(30)17-4-3-5-18(24)14-17/h3-9,14-15,19H,2,10-13H2,1H3,(H,25,30). The lowest BCUT2D eigenvalue weighted by Gasteiger charge is -2.31. The molecule has 7 nitrogen and oxygen atoms in total. The van der Waals surface area contributed by atoms with E-state index in [0.29, 0.717) is 42.2 Å². The molecule has 1 fully saturated rings. The summed E-state index contributed by atoms with van der Waals surface area (Å²) >= 11 is 5.96. The topological polar surface area (TPSA) is 80.1 Å². The number of halogens is 1. The third-order valence-corrected chi connectivity index (χ3v) is 5.76. The van der Waals surface area contributed by atoms with Gasteiger partial charge in [-0.3, -0.25) is 9.59 Å². The van der Waals surface area contributed by atoms with Crippen molar-refractivity contribution >= 4 is 23.4 Å². The fourth-order valence-electron chi connectivity index (χ4n) is 3.66. The van der Waals surface area contributed by atoms with Gasteiger partial charge in [-0.1, -0.05) is 41.9 Å². The van der Waals surface area contributed by atoms with E-state index in [4.69, 9.17) is 11.6 Å². The summed E-state index contributed by atoms with van der Waals surface area (Å²) in [4.78, 5) is 27.0. The molecule has 2 heterocycles. The summed E-state index contributed by atoms with van der Waals surface area (Å²) in [6.45, 7) is 3.21. The molecule has 0 saturated carbocycles. The molecule has 0 aliphatic carbocycles. The lowest BCUT2D eigenvalue weighted by atomic mass is 10.0. The molecule has 0 spiro atoms. The minimum Gasteiger partial charge on any atom is -0.349 e. The van der Waals surface area contributed by atoms with Crippen LogP contribution in [0.3, 0.4) is 0 Å². The Labute approximate surface area is 186 Å². The van der Waals surface area contributed by atoms with Gasteiger partial charge < -0.3 is 10.2 Å². The van der Waals surface area contributed by atoms with Gasteiger partial charge in [0.2, 0.25) is 0 Å². The Bertz CT molecular complexity index is 1070. The Kier molecular flexibility index (Phi) is 6.32. The summed E-state index contributed by atoms with van der Waals surface area (Å²) in [5, 5.41) is 11.7. The molecule has 1 aromatic heterocycles. The average Bonchev–Trinajstić information content (AvgIpc) is 3.29. The van der Waals surface area contributed by atoms with E-state index >= 15 is 0 Å². The van der Waals surface area contributed by atoms with Crippen LogP contribution in [0.25, 0.3) is 5.69 Å². The second kappa shape index (κ2) is 9.31. The van der Waals surface area contributed by atoms with Gasteiger partial charge in [-0.05, 0) is 55.2 Å². The number of aryl methyl sites for hydroxylation is 1. The Morgan fingerprint density at radius 3 is 2.55 bits per heavy atom. The lowest BCUT2D eigenvalue weighted by molar-refractivity contribution is 0.0692. The molecule has 8 heteroatoms. The molecular weight excluding hydrogens is 414 g/mol. The van der Waals surface area contributed by atoms with E-state index in [-0.39, 0.29) is 17.9 Å². The van der Waals surface area contributed by atoms with Crippen molar-refractivity contribution in [1.82, 2.24) is 25.2 Å². The van der Waals surface area contributed by atoms with Crippen molar-refractivity contribution < 1.29 is 9.59 Å². The van der Waals surface area contributed by atoms with Crippen LogP contribution >= 0.6 is 11.6 Å². The first-order valence-electron chi connectivity index (χ1n) is 10.4. The van der Waals surface area contributed by atoms with Crippen molar-refractivity contribution in [3.63, 3.8) is 0 Å². The number of hydrogen-bond donors (Lipinski definition) is 1. The maximum absolute atomic E-state index is 12.8. The number of piperidine rings is 1. The molecule has 1 N–H and O–H groups in total. The van der Waals surface area contributed by atoms with E-state index in [0.717, 1.165) is 12.1 Å². The fourth-order valence-corrected chi connectivity index (χ4v) is 3.85. The molecule has 1 saturated heterocycles. The highest BCUT2D eigenvalue weighted by molar-refractivity contribution is 6.30. The largest absolute Gasteiger partial charge is 0.349 e. The number of amides is 2. The smallest absolute Gasteiger partial charge is 0.276 e. The van der Waals surface area contributed by atoms with Crippen LogP contribution in [-0.4, -0.2) is 50.8 Å². The summed E-state index contributed by atoms with van der Waals surface area (Å²) in [6, 6.07) is 14.9. The first-order chi connectivity index (χ1) is 15.0. The summed E-state index contributed by atoms with van der Waals surface area (Å²) in [6.07, 6.45) is 4.00. The van der Waals surface area contributed by atoms with E-state index < -0.39 is 0 Å². The zero-order valence-corrected chi connectivity index (χ0v) is 18.0. The van der Waals surface area contributed by atoms with Gasteiger partial charge in [0.1, 0.15) is 0 Å². The van der Waals surface area contributed by atoms with Gasteiger partial charge in [0.05, 0.1) is 11.9 Å². The third kappa shape index (κ3) is 4.94. The summed E-state index contributed by atoms with van der Waals surface area (Å²) < 4.78 is 1.62. The molecule has 4 rings (SSSR count). The maximum atomic E-state index is 12.8. The zero-order chi connectivity index (χ0) is 21.8. The van der Waals surface area contributed by atoms with Crippen LogP contribution in [0.4, 0.5) is 0 Å². The molecule has 0 atom stereocenters. The van der Waals surface area contributed by atoms with Crippen molar-refractivity contribution in [2.75, 3.05) is 13.1 Å². The second-order valence-electron chi connectivity index (χ2n) is 7.62. The van der Waals surface area contributed by atoms with Crippen molar-refractivity contribution in [1.29, 1.82) is 0 Å². The fraction of sp³-hybridized carbons (Fsp3) is 0.304. The number of nitrogens with zero attached hydrogens (tertiary/aromatic N) is 4. The monoisotopic (exact) mass is 437 g/mol. The van der Waals surface area contributed by atoms with Crippen molar-refractivity contribution in [2.24, 2.45) is 0 Å². The molecule has 1 aliphatic rings. The first-order valence-corrected chi connectivity index (χ1v) is 10.8. The molecule has 31 heavy (non-hydrogen) atoms. The normalized spacial score (nSPS) is 14.5.